The van der Waals surface area contributed by atoms with E-state index in [1.165, 1.54) is 0 Å². The van der Waals surface area contributed by atoms with Crippen LogP contribution in [0.1, 0.15) is 12.8 Å². The van der Waals surface area contributed by atoms with E-state index < -0.39 is 9.84 Å². The average molecular weight is 351 g/mol. The lowest BCUT2D eigenvalue weighted by molar-refractivity contribution is -0.116. The van der Waals surface area contributed by atoms with Gasteiger partial charge in [0.05, 0.1) is 27.2 Å². The highest BCUT2D eigenvalue weighted by Crippen LogP contribution is 2.29. The molecule has 1 aromatic carbocycles. The normalized spacial score (nSPS) is 20.4. The van der Waals surface area contributed by atoms with E-state index in [1.807, 2.05) is 0 Å². The van der Waals surface area contributed by atoms with Gasteiger partial charge in [0.15, 0.2) is 9.84 Å². The van der Waals surface area contributed by atoms with Crippen LogP contribution in [0.2, 0.25) is 10.0 Å². The van der Waals surface area contributed by atoms with Crippen LogP contribution in [-0.2, 0) is 14.6 Å². The summed E-state index contributed by atoms with van der Waals surface area (Å²) in [6, 6.07) is 4.95. The van der Waals surface area contributed by atoms with Crippen molar-refractivity contribution < 1.29 is 13.2 Å². The lowest BCUT2D eigenvalue weighted by Crippen LogP contribution is -2.32. The zero-order chi connectivity index (χ0) is 15.5. The number of benzene rings is 1. The number of hydrogen-bond acceptors (Lipinski definition) is 4. The summed E-state index contributed by atoms with van der Waals surface area (Å²) >= 11 is 11.8. The zero-order valence-corrected chi connectivity index (χ0v) is 13.6. The summed E-state index contributed by atoms with van der Waals surface area (Å²) in [4.78, 5) is 11.8. The summed E-state index contributed by atoms with van der Waals surface area (Å²) in [5.74, 6) is 0.163. The van der Waals surface area contributed by atoms with Crippen LogP contribution in [0.3, 0.4) is 0 Å². The van der Waals surface area contributed by atoms with E-state index in [2.05, 4.69) is 10.6 Å². The molecule has 0 spiro atoms. The van der Waals surface area contributed by atoms with Gasteiger partial charge in [0.1, 0.15) is 0 Å². The lowest BCUT2D eigenvalue weighted by atomic mass is 10.2. The highest BCUT2D eigenvalue weighted by molar-refractivity contribution is 7.91. The minimum atomic E-state index is -2.90. The van der Waals surface area contributed by atoms with Crippen molar-refractivity contribution in [2.45, 2.75) is 18.9 Å². The second-order valence-electron chi connectivity index (χ2n) is 4.95. The summed E-state index contributed by atoms with van der Waals surface area (Å²) in [7, 11) is -2.90. The van der Waals surface area contributed by atoms with Crippen LogP contribution in [-0.4, -0.2) is 38.4 Å². The Labute approximate surface area is 133 Å². The molecule has 1 unspecified atom stereocenters. The second kappa shape index (κ2) is 6.96. The Morgan fingerprint density at radius 1 is 1.33 bits per heavy atom. The number of rotatable bonds is 5. The number of carbonyl (C=O) groups excluding carboxylic acids is 1. The maximum Gasteiger partial charge on any atom is 0.225 e. The van der Waals surface area contributed by atoms with Gasteiger partial charge in [0.25, 0.3) is 0 Å². The molecule has 5 nitrogen and oxygen atoms in total. The molecule has 1 aliphatic rings. The quantitative estimate of drug-likeness (QED) is 0.852. The number of nitrogens with one attached hydrogen (secondary N) is 2. The minimum Gasteiger partial charge on any atom is -0.325 e. The van der Waals surface area contributed by atoms with Crippen LogP contribution in [0.4, 0.5) is 5.69 Å². The minimum absolute atomic E-state index is 0.0578. The highest BCUT2D eigenvalue weighted by Gasteiger charge is 2.27. The molecule has 1 saturated heterocycles. The van der Waals surface area contributed by atoms with E-state index in [9.17, 15) is 13.2 Å². The number of hydrogen-bond donors (Lipinski definition) is 2. The van der Waals surface area contributed by atoms with Crippen LogP contribution >= 0.6 is 23.2 Å². The Morgan fingerprint density at radius 3 is 2.76 bits per heavy atom. The van der Waals surface area contributed by atoms with Crippen molar-refractivity contribution in [1.29, 1.82) is 0 Å². The first-order valence-corrected chi connectivity index (χ1v) is 9.13. The third-order valence-corrected chi connectivity index (χ3v) is 5.83. The largest absolute Gasteiger partial charge is 0.325 e. The molecule has 21 heavy (non-hydrogen) atoms. The number of anilines is 1. The molecule has 2 N–H and O–H groups in total. The Balaban J connectivity index is 1.77. The van der Waals surface area contributed by atoms with Gasteiger partial charge in [-0.2, -0.15) is 0 Å². The van der Waals surface area contributed by atoms with Gasteiger partial charge in [-0.15, -0.1) is 0 Å². The van der Waals surface area contributed by atoms with Gasteiger partial charge >= 0.3 is 0 Å². The fourth-order valence-electron chi connectivity index (χ4n) is 2.16. The molecule has 116 valence electrons. The predicted molar refractivity (Wildman–Crippen MR) is 84.8 cm³/mol. The van der Waals surface area contributed by atoms with Crippen molar-refractivity contribution >= 4 is 44.6 Å². The van der Waals surface area contributed by atoms with Crippen molar-refractivity contribution in [3.05, 3.63) is 28.2 Å². The molecule has 1 aromatic rings. The first-order valence-electron chi connectivity index (χ1n) is 6.55. The summed E-state index contributed by atoms with van der Waals surface area (Å²) in [6.07, 6.45) is 0.837. The Kier molecular flexibility index (Phi) is 5.48. The molecule has 0 radical (unpaired) electrons. The van der Waals surface area contributed by atoms with Crippen LogP contribution in [0.15, 0.2) is 18.2 Å². The van der Waals surface area contributed by atoms with Crippen molar-refractivity contribution in [1.82, 2.24) is 5.32 Å². The van der Waals surface area contributed by atoms with Crippen molar-refractivity contribution in [2.75, 3.05) is 23.4 Å². The molecule has 0 aliphatic carbocycles. The molecule has 1 atom stereocenters. The van der Waals surface area contributed by atoms with E-state index in [0.717, 1.165) is 0 Å². The molecule has 1 fully saturated rings. The zero-order valence-electron chi connectivity index (χ0n) is 11.2. The van der Waals surface area contributed by atoms with Gasteiger partial charge < -0.3 is 10.6 Å². The number of amides is 1. The Hall–Kier alpha value is -0.820. The van der Waals surface area contributed by atoms with Crippen LogP contribution in [0.5, 0.6) is 0 Å². The smallest absolute Gasteiger partial charge is 0.225 e. The van der Waals surface area contributed by atoms with Gasteiger partial charge in [-0.3, -0.25) is 4.79 Å². The number of halogens is 2. The standard InChI is InChI=1S/C13H16Cl2N2O3S/c14-10-2-1-3-11(13(10)15)17-12(18)4-6-16-9-5-7-21(19,20)8-9/h1-3,9,16H,4-8H2,(H,17,18). The fraction of sp³-hybridized carbons (Fsp3) is 0.462. The third-order valence-electron chi connectivity index (χ3n) is 3.24. The molecular weight excluding hydrogens is 335 g/mol. The lowest BCUT2D eigenvalue weighted by Gasteiger charge is -2.11. The summed E-state index contributed by atoms with van der Waals surface area (Å²) in [5, 5.41) is 6.45. The summed E-state index contributed by atoms with van der Waals surface area (Å²) < 4.78 is 22.6. The van der Waals surface area contributed by atoms with E-state index in [0.29, 0.717) is 28.7 Å². The first kappa shape index (κ1) is 16.5. The SMILES string of the molecule is O=C(CCNC1CCS(=O)(=O)C1)Nc1cccc(Cl)c1Cl. The van der Waals surface area contributed by atoms with Crippen molar-refractivity contribution in [2.24, 2.45) is 0 Å². The molecular formula is C13H16Cl2N2O3S. The van der Waals surface area contributed by atoms with E-state index in [-0.39, 0.29) is 29.9 Å². The molecule has 2 rings (SSSR count). The van der Waals surface area contributed by atoms with Crippen LogP contribution in [0.25, 0.3) is 0 Å². The number of carbonyl (C=O) groups is 1. The molecule has 0 saturated carbocycles. The van der Waals surface area contributed by atoms with Crippen molar-refractivity contribution in [3.63, 3.8) is 0 Å². The molecule has 8 heteroatoms. The van der Waals surface area contributed by atoms with Crippen molar-refractivity contribution in [3.8, 4) is 0 Å². The Morgan fingerprint density at radius 2 is 2.10 bits per heavy atom. The number of sulfone groups is 1. The summed E-state index contributed by atoms with van der Waals surface area (Å²) in [5.41, 5.74) is 0.470. The average Bonchev–Trinajstić information content (AvgIpc) is 2.75. The van der Waals surface area contributed by atoms with Crippen LogP contribution in [0, 0.1) is 0 Å². The second-order valence-corrected chi connectivity index (χ2v) is 7.97. The molecule has 0 bridgehead atoms. The van der Waals surface area contributed by atoms with Gasteiger partial charge in [-0.25, -0.2) is 8.42 Å². The van der Waals surface area contributed by atoms with Gasteiger partial charge in [0.2, 0.25) is 5.91 Å². The maximum absolute atomic E-state index is 11.8. The monoisotopic (exact) mass is 350 g/mol. The first-order chi connectivity index (χ1) is 9.87. The predicted octanol–water partition coefficient (Wildman–Crippen LogP) is 2.10. The van der Waals surface area contributed by atoms with Gasteiger partial charge in [0, 0.05) is 19.0 Å². The molecule has 1 aliphatic heterocycles. The molecule has 0 aromatic heterocycles. The highest BCUT2D eigenvalue weighted by atomic mass is 35.5. The van der Waals surface area contributed by atoms with Gasteiger partial charge in [-0.1, -0.05) is 29.3 Å². The van der Waals surface area contributed by atoms with E-state index in [4.69, 9.17) is 23.2 Å². The Bertz CT molecular complexity index is 634. The molecule has 1 heterocycles. The molecule has 1 amide bonds. The van der Waals surface area contributed by atoms with E-state index in [1.54, 1.807) is 18.2 Å². The van der Waals surface area contributed by atoms with Gasteiger partial charge in [-0.05, 0) is 18.6 Å². The van der Waals surface area contributed by atoms with Crippen LogP contribution < -0.4 is 10.6 Å². The third kappa shape index (κ3) is 4.85. The summed E-state index contributed by atoms with van der Waals surface area (Å²) in [6.45, 7) is 0.421. The fourth-order valence-corrected chi connectivity index (χ4v) is 4.21. The maximum atomic E-state index is 11.8. The topological polar surface area (TPSA) is 75.3 Å². The van der Waals surface area contributed by atoms with E-state index >= 15 is 0 Å².